The van der Waals surface area contributed by atoms with Crippen LogP contribution in [0.2, 0.25) is 0 Å². The van der Waals surface area contributed by atoms with E-state index in [1.165, 1.54) is 52.0 Å². The maximum atomic E-state index is 2.71. The lowest BCUT2D eigenvalue weighted by molar-refractivity contribution is 0.102. The molecule has 2 saturated heterocycles. The Morgan fingerprint density at radius 1 is 1.00 bits per heavy atom. The summed E-state index contributed by atoms with van der Waals surface area (Å²) in [6, 6.07) is 0. The second-order valence-corrected chi connectivity index (χ2v) is 7.36. The summed E-state index contributed by atoms with van der Waals surface area (Å²) in [5.41, 5.74) is 0.514. The van der Waals surface area contributed by atoms with E-state index in [0.29, 0.717) is 5.41 Å². The van der Waals surface area contributed by atoms with E-state index >= 15 is 0 Å². The fourth-order valence-corrected chi connectivity index (χ4v) is 3.52. The van der Waals surface area contributed by atoms with Crippen molar-refractivity contribution in [3.8, 4) is 0 Å². The van der Waals surface area contributed by atoms with Gasteiger partial charge in [0.2, 0.25) is 0 Å². The first-order valence-corrected chi connectivity index (χ1v) is 7.36. The highest BCUT2D eigenvalue weighted by molar-refractivity contribution is 4.83. The molecule has 2 aliphatic heterocycles. The lowest BCUT2D eigenvalue weighted by Crippen LogP contribution is -2.40. The average molecular weight is 238 g/mol. The van der Waals surface area contributed by atoms with E-state index in [-0.39, 0.29) is 0 Å². The molecule has 2 fully saturated rings. The van der Waals surface area contributed by atoms with Crippen LogP contribution in [0.25, 0.3) is 0 Å². The van der Waals surface area contributed by atoms with Crippen molar-refractivity contribution in [2.45, 2.75) is 40.0 Å². The van der Waals surface area contributed by atoms with Crippen LogP contribution in [0.4, 0.5) is 0 Å². The number of likely N-dealkylation sites (tertiary alicyclic amines) is 2. The molecule has 0 aromatic heterocycles. The number of hydrogen-bond acceptors (Lipinski definition) is 2. The average Bonchev–Trinajstić information content (AvgIpc) is 2.63. The van der Waals surface area contributed by atoms with Gasteiger partial charge in [-0.15, -0.1) is 0 Å². The molecular weight excluding hydrogens is 208 g/mol. The van der Waals surface area contributed by atoms with Crippen molar-refractivity contribution in [2.75, 3.05) is 39.8 Å². The Bertz CT molecular complexity index is 236. The van der Waals surface area contributed by atoms with Gasteiger partial charge in [-0.05, 0) is 63.2 Å². The predicted molar refractivity (Wildman–Crippen MR) is 74.2 cm³/mol. The van der Waals surface area contributed by atoms with Crippen LogP contribution in [0.3, 0.4) is 0 Å². The van der Waals surface area contributed by atoms with E-state index in [1.54, 1.807) is 0 Å². The third kappa shape index (κ3) is 3.69. The topological polar surface area (TPSA) is 6.48 Å². The summed E-state index contributed by atoms with van der Waals surface area (Å²) in [7, 11) is 2.26. The van der Waals surface area contributed by atoms with Crippen LogP contribution in [0.5, 0.6) is 0 Å². The summed E-state index contributed by atoms with van der Waals surface area (Å²) in [5, 5.41) is 0. The molecule has 0 aliphatic carbocycles. The van der Waals surface area contributed by atoms with Crippen LogP contribution in [-0.2, 0) is 0 Å². The van der Waals surface area contributed by atoms with Gasteiger partial charge in [-0.3, -0.25) is 0 Å². The van der Waals surface area contributed by atoms with E-state index in [1.807, 2.05) is 0 Å². The van der Waals surface area contributed by atoms with Gasteiger partial charge in [-0.2, -0.15) is 0 Å². The first-order valence-electron chi connectivity index (χ1n) is 7.36. The monoisotopic (exact) mass is 238 g/mol. The molecule has 2 rings (SSSR count). The Morgan fingerprint density at radius 3 is 2.12 bits per heavy atom. The fraction of sp³-hybridized carbons (Fsp3) is 1.00. The van der Waals surface area contributed by atoms with E-state index in [4.69, 9.17) is 0 Å². The van der Waals surface area contributed by atoms with Crippen molar-refractivity contribution >= 4 is 0 Å². The van der Waals surface area contributed by atoms with E-state index in [2.05, 4.69) is 37.6 Å². The Labute approximate surface area is 107 Å². The molecule has 0 N–H and O–H groups in total. The minimum absolute atomic E-state index is 0.514. The van der Waals surface area contributed by atoms with Gasteiger partial charge in [0.15, 0.2) is 0 Å². The molecule has 2 heteroatoms. The smallest absolute Gasteiger partial charge is 0.00224 e. The molecule has 0 aromatic rings. The predicted octanol–water partition coefficient (Wildman–Crippen LogP) is 2.70. The zero-order valence-electron chi connectivity index (χ0n) is 12.2. The van der Waals surface area contributed by atoms with Crippen LogP contribution in [-0.4, -0.2) is 49.6 Å². The first kappa shape index (κ1) is 13.4. The lowest BCUT2D eigenvalue weighted by Gasteiger charge is -2.39. The van der Waals surface area contributed by atoms with Crippen molar-refractivity contribution in [3.63, 3.8) is 0 Å². The molecule has 2 heterocycles. The maximum absolute atomic E-state index is 2.71. The largest absolute Gasteiger partial charge is 0.306 e. The van der Waals surface area contributed by atoms with Gasteiger partial charge in [-0.1, -0.05) is 20.8 Å². The number of hydrogen-bond donors (Lipinski definition) is 0. The van der Waals surface area contributed by atoms with Gasteiger partial charge >= 0.3 is 0 Å². The molecular formula is C15H30N2. The van der Waals surface area contributed by atoms with Crippen LogP contribution in [0.1, 0.15) is 40.0 Å². The van der Waals surface area contributed by atoms with Crippen molar-refractivity contribution in [3.05, 3.63) is 0 Å². The van der Waals surface area contributed by atoms with Crippen molar-refractivity contribution in [2.24, 2.45) is 17.3 Å². The van der Waals surface area contributed by atoms with Crippen LogP contribution in [0, 0.1) is 17.3 Å². The normalized spacial score (nSPS) is 30.0. The fourth-order valence-electron chi connectivity index (χ4n) is 3.52. The Morgan fingerprint density at radius 2 is 1.65 bits per heavy atom. The molecule has 17 heavy (non-hydrogen) atoms. The zero-order chi connectivity index (χ0) is 12.5. The van der Waals surface area contributed by atoms with E-state index in [9.17, 15) is 0 Å². The molecule has 0 aromatic carbocycles. The second kappa shape index (κ2) is 5.27. The van der Waals surface area contributed by atoms with Gasteiger partial charge in [0, 0.05) is 13.1 Å². The van der Waals surface area contributed by atoms with Crippen LogP contribution < -0.4 is 0 Å². The quantitative estimate of drug-likeness (QED) is 0.730. The van der Waals surface area contributed by atoms with Crippen LogP contribution >= 0.6 is 0 Å². The highest BCUT2D eigenvalue weighted by Gasteiger charge is 2.30. The number of piperidine rings is 1. The molecule has 1 atom stereocenters. The molecule has 0 radical (unpaired) electrons. The summed E-state index contributed by atoms with van der Waals surface area (Å²) in [5.74, 6) is 1.87. The van der Waals surface area contributed by atoms with Crippen molar-refractivity contribution < 1.29 is 0 Å². The molecule has 0 unspecified atom stereocenters. The van der Waals surface area contributed by atoms with E-state index in [0.717, 1.165) is 11.8 Å². The second-order valence-electron chi connectivity index (χ2n) is 7.36. The molecule has 2 nitrogen and oxygen atoms in total. The van der Waals surface area contributed by atoms with Crippen molar-refractivity contribution in [1.82, 2.24) is 9.80 Å². The van der Waals surface area contributed by atoms with Crippen LogP contribution in [0.15, 0.2) is 0 Å². The molecule has 100 valence electrons. The van der Waals surface area contributed by atoms with E-state index < -0.39 is 0 Å². The minimum atomic E-state index is 0.514. The summed E-state index contributed by atoms with van der Waals surface area (Å²) >= 11 is 0. The third-order valence-electron chi connectivity index (χ3n) is 4.82. The van der Waals surface area contributed by atoms with Gasteiger partial charge in [-0.25, -0.2) is 0 Å². The number of nitrogens with zero attached hydrogens (tertiary/aromatic N) is 2. The molecule has 0 bridgehead atoms. The number of rotatable bonds is 2. The summed E-state index contributed by atoms with van der Waals surface area (Å²) in [6.45, 7) is 13.9. The zero-order valence-corrected chi connectivity index (χ0v) is 12.2. The highest BCUT2D eigenvalue weighted by Crippen LogP contribution is 2.34. The first-order chi connectivity index (χ1) is 7.95. The maximum Gasteiger partial charge on any atom is 0.00224 e. The SMILES string of the molecule is CN1CC[C@@H](CN2CCC(C(C)(C)C)CC2)C1. The Balaban J connectivity index is 1.72. The Kier molecular flexibility index (Phi) is 4.14. The lowest BCUT2D eigenvalue weighted by atomic mass is 9.75. The molecule has 0 spiro atoms. The summed E-state index contributed by atoms with van der Waals surface area (Å²) < 4.78 is 0. The highest BCUT2D eigenvalue weighted by atomic mass is 15.2. The van der Waals surface area contributed by atoms with Gasteiger partial charge in [0.1, 0.15) is 0 Å². The van der Waals surface area contributed by atoms with Gasteiger partial charge < -0.3 is 9.80 Å². The van der Waals surface area contributed by atoms with Gasteiger partial charge in [0.05, 0.1) is 0 Å². The molecule has 2 aliphatic rings. The summed E-state index contributed by atoms with van der Waals surface area (Å²) in [4.78, 5) is 5.19. The standard InChI is InChI=1S/C15H30N2/c1-15(2,3)14-6-9-17(10-7-14)12-13-5-8-16(4)11-13/h13-14H,5-12H2,1-4H3/t13-/m1/s1. The van der Waals surface area contributed by atoms with Gasteiger partial charge in [0.25, 0.3) is 0 Å². The van der Waals surface area contributed by atoms with Crippen molar-refractivity contribution in [1.29, 1.82) is 0 Å². The summed E-state index contributed by atoms with van der Waals surface area (Å²) in [6.07, 6.45) is 4.23. The molecule has 0 amide bonds. The molecule has 0 saturated carbocycles. The minimum Gasteiger partial charge on any atom is -0.306 e. The Hall–Kier alpha value is -0.0800. The third-order valence-corrected chi connectivity index (χ3v) is 4.82.